The van der Waals surface area contributed by atoms with E-state index in [0.717, 1.165) is 29.2 Å². The van der Waals surface area contributed by atoms with E-state index in [1.807, 2.05) is 18.2 Å². The van der Waals surface area contributed by atoms with Gasteiger partial charge in [-0.25, -0.2) is 4.98 Å². The zero-order chi connectivity index (χ0) is 13.5. The number of nitrogens with zero attached hydrogens (tertiary/aromatic N) is 1. The van der Waals surface area contributed by atoms with Crippen molar-refractivity contribution < 1.29 is 0 Å². The van der Waals surface area contributed by atoms with Crippen LogP contribution in [0.15, 0.2) is 35.7 Å². The Bertz CT molecular complexity index is 484. The van der Waals surface area contributed by atoms with E-state index in [0.29, 0.717) is 0 Å². The predicted octanol–water partition coefficient (Wildman–Crippen LogP) is 5.37. The Morgan fingerprint density at radius 2 is 2.05 bits per heavy atom. The molecule has 1 aromatic heterocycles. The molecule has 102 valence electrons. The third kappa shape index (κ3) is 4.51. The molecule has 1 N–H and O–H groups in total. The van der Waals surface area contributed by atoms with E-state index in [2.05, 4.69) is 34.7 Å². The number of hydrogen-bond acceptors (Lipinski definition) is 3. The smallest absolute Gasteiger partial charge is 0.184 e. The average Bonchev–Trinajstić information content (AvgIpc) is 2.88. The Morgan fingerprint density at radius 1 is 1.26 bits per heavy atom. The van der Waals surface area contributed by atoms with Crippen LogP contribution in [0, 0.1) is 0 Å². The minimum atomic E-state index is -0.0266. The standard InChI is InChI=1S/C15H19ClN2S/c1-2-3-5-10-14(16)18-15-17-13(11-19-15)12-8-6-4-7-9-12/h4,6-9,11,14H,2-3,5,10H2,1H3,(H,17,18). The van der Waals surface area contributed by atoms with E-state index in [4.69, 9.17) is 11.6 Å². The number of benzene rings is 1. The molecule has 0 radical (unpaired) electrons. The largest absolute Gasteiger partial charge is 0.345 e. The van der Waals surface area contributed by atoms with Gasteiger partial charge in [-0.2, -0.15) is 0 Å². The maximum Gasteiger partial charge on any atom is 0.184 e. The summed E-state index contributed by atoms with van der Waals surface area (Å²) in [5, 5.41) is 6.23. The first-order valence-electron chi connectivity index (χ1n) is 6.71. The van der Waals surface area contributed by atoms with E-state index in [-0.39, 0.29) is 5.50 Å². The van der Waals surface area contributed by atoms with Crippen LogP contribution in [-0.2, 0) is 0 Å². The van der Waals surface area contributed by atoms with Crippen molar-refractivity contribution in [1.29, 1.82) is 0 Å². The first-order valence-corrected chi connectivity index (χ1v) is 8.02. The fourth-order valence-corrected chi connectivity index (χ4v) is 2.96. The second-order valence-electron chi connectivity index (χ2n) is 4.51. The molecule has 2 rings (SSSR count). The third-order valence-corrected chi connectivity index (χ3v) is 4.02. The Balaban J connectivity index is 1.91. The van der Waals surface area contributed by atoms with Gasteiger partial charge in [-0.15, -0.1) is 11.3 Å². The van der Waals surface area contributed by atoms with Crippen molar-refractivity contribution in [1.82, 2.24) is 4.98 Å². The number of unbranched alkanes of at least 4 members (excludes halogenated alkanes) is 2. The van der Waals surface area contributed by atoms with Gasteiger partial charge in [0.15, 0.2) is 5.13 Å². The molecule has 0 amide bonds. The molecule has 2 aromatic rings. The lowest BCUT2D eigenvalue weighted by molar-refractivity contribution is 0.665. The first kappa shape index (κ1) is 14.4. The van der Waals surface area contributed by atoms with Crippen LogP contribution in [0.1, 0.15) is 32.6 Å². The highest BCUT2D eigenvalue weighted by Crippen LogP contribution is 2.26. The molecule has 19 heavy (non-hydrogen) atoms. The Hall–Kier alpha value is -1.06. The first-order chi connectivity index (χ1) is 9.29. The summed E-state index contributed by atoms with van der Waals surface area (Å²) in [4.78, 5) is 4.57. The van der Waals surface area contributed by atoms with E-state index in [1.165, 1.54) is 12.8 Å². The molecule has 4 heteroatoms. The quantitative estimate of drug-likeness (QED) is 0.422. The zero-order valence-corrected chi connectivity index (χ0v) is 12.7. The number of rotatable bonds is 7. The summed E-state index contributed by atoms with van der Waals surface area (Å²) in [6.07, 6.45) is 4.60. The highest BCUT2D eigenvalue weighted by molar-refractivity contribution is 7.14. The Labute approximate surface area is 123 Å². The van der Waals surface area contributed by atoms with E-state index in [1.54, 1.807) is 11.3 Å². The van der Waals surface area contributed by atoms with Crippen molar-refractivity contribution in [2.75, 3.05) is 5.32 Å². The van der Waals surface area contributed by atoms with E-state index in [9.17, 15) is 0 Å². The molecule has 0 saturated heterocycles. The predicted molar refractivity (Wildman–Crippen MR) is 85.0 cm³/mol. The minimum absolute atomic E-state index is 0.0266. The number of anilines is 1. The van der Waals surface area contributed by atoms with Crippen molar-refractivity contribution in [3.63, 3.8) is 0 Å². The van der Waals surface area contributed by atoms with Gasteiger partial charge in [-0.1, -0.05) is 68.1 Å². The third-order valence-electron chi connectivity index (χ3n) is 2.91. The Morgan fingerprint density at radius 3 is 2.79 bits per heavy atom. The number of thiazole rings is 1. The second kappa shape index (κ2) is 7.51. The molecular formula is C15H19ClN2S. The van der Waals surface area contributed by atoms with Crippen molar-refractivity contribution >= 4 is 28.1 Å². The van der Waals surface area contributed by atoms with Gasteiger partial charge < -0.3 is 5.32 Å². The molecule has 1 heterocycles. The summed E-state index contributed by atoms with van der Waals surface area (Å²) in [6, 6.07) is 10.2. The topological polar surface area (TPSA) is 24.9 Å². The number of alkyl halides is 1. The Kier molecular flexibility index (Phi) is 5.67. The average molecular weight is 295 g/mol. The molecule has 0 saturated carbocycles. The van der Waals surface area contributed by atoms with Crippen LogP contribution in [0.2, 0.25) is 0 Å². The normalized spacial score (nSPS) is 12.3. The van der Waals surface area contributed by atoms with Crippen LogP contribution in [0.3, 0.4) is 0 Å². The molecule has 0 spiro atoms. The second-order valence-corrected chi connectivity index (χ2v) is 5.90. The molecular weight excluding hydrogens is 276 g/mol. The minimum Gasteiger partial charge on any atom is -0.345 e. The number of halogens is 1. The van der Waals surface area contributed by atoms with Gasteiger partial charge in [0.2, 0.25) is 0 Å². The van der Waals surface area contributed by atoms with Gasteiger partial charge >= 0.3 is 0 Å². The summed E-state index contributed by atoms with van der Waals surface area (Å²) < 4.78 is 0. The SMILES string of the molecule is CCCCCC(Cl)Nc1nc(-c2ccccc2)cs1. The lowest BCUT2D eigenvalue weighted by Gasteiger charge is -2.09. The van der Waals surface area contributed by atoms with E-state index >= 15 is 0 Å². The van der Waals surface area contributed by atoms with Crippen LogP contribution in [0.4, 0.5) is 5.13 Å². The number of nitrogens with one attached hydrogen (secondary N) is 1. The van der Waals surface area contributed by atoms with Crippen molar-refractivity contribution in [2.24, 2.45) is 0 Å². The highest BCUT2D eigenvalue weighted by atomic mass is 35.5. The highest BCUT2D eigenvalue weighted by Gasteiger charge is 2.08. The summed E-state index contributed by atoms with van der Waals surface area (Å²) in [7, 11) is 0. The molecule has 0 aliphatic rings. The molecule has 1 aromatic carbocycles. The van der Waals surface area contributed by atoms with Gasteiger partial charge in [0.05, 0.1) is 5.69 Å². The molecule has 0 aliphatic heterocycles. The summed E-state index contributed by atoms with van der Waals surface area (Å²) in [5.74, 6) is 0. The van der Waals surface area contributed by atoms with Gasteiger partial charge in [0.1, 0.15) is 5.50 Å². The summed E-state index contributed by atoms with van der Waals surface area (Å²) >= 11 is 7.87. The number of hydrogen-bond donors (Lipinski definition) is 1. The zero-order valence-electron chi connectivity index (χ0n) is 11.1. The van der Waals surface area contributed by atoms with Crippen molar-refractivity contribution in [2.45, 2.75) is 38.1 Å². The van der Waals surface area contributed by atoms with Crippen LogP contribution in [0.25, 0.3) is 11.3 Å². The molecule has 1 atom stereocenters. The molecule has 1 unspecified atom stereocenters. The van der Waals surface area contributed by atoms with E-state index < -0.39 is 0 Å². The maximum absolute atomic E-state index is 6.26. The summed E-state index contributed by atoms with van der Waals surface area (Å²) in [5.41, 5.74) is 2.12. The number of aromatic nitrogens is 1. The lowest BCUT2D eigenvalue weighted by atomic mass is 10.2. The summed E-state index contributed by atoms with van der Waals surface area (Å²) in [6.45, 7) is 2.20. The van der Waals surface area contributed by atoms with Crippen LogP contribution < -0.4 is 5.32 Å². The lowest BCUT2D eigenvalue weighted by Crippen LogP contribution is -2.11. The van der Waals surface area contributed by atoms with Crippen molar-refractivity contribution in [3.8, 4) is 11.3 Å². The van der Waals surface area contributed by atoms with Crippen LogP contribution in [0.5, 0.6) is 0 Å². The monoisotopic (exact) mass is 294 g/mol. The van der Waals surface area contributed by atoms with Crippen molar-refractivity contribution in [3.05, 3.63) is 35.7 Å². The molecule has 0 fully saturated rings. The van der Waals surface area contributed by atoms with Crippen LogP contribution in [-0.4, -0.2) is 10.5 Å². The molecule has 0 aliphatic carbocycles. The molecule has 2 nitrogen and oxygen atoms in total. The fraction of sp³-hybridized carbons (Fsp3) is 0.400. The van der Waals surface area contributed by atoms with Gasteiger partial charge in [0.25, 0.3) is 0 Å². The van der Waals surface area contributed by atoms with Gasteiger partial charge in [-0.3, -0.25) is 0 Å². The maximum atomic E-state index is 6.26. The van der Waals surface area contributed by atoms with Crippen LogP contribution >= 0.6 is 22.9 Å². The van der Waals surface area contributed by atoms with Gasteiger partial charge in [-0.05, 0) is 6.42 Å². The van der Waals surface area contributed by atoms with Gasteiger partial charge in [0, 0.05) is 10.9 Å². The fourth-order valence-electron chi connectivity index (χ4n) is 1.86. The molecule has 0 bridgehead atoms.